The average molecular weight is 227 g/mol. The third-order valence-electron chi connectivity index (χ3n) is 2.57. The lowest BCUT2D eigenvalue weighted by Crippen LogP contribution is -2.36. The van der Waals surface area contributed by atoms with Crippen LogP contribution in [0.5, 0.6) is 0 Å². The Balaban J connectivity index is 2.86. The first-order chi connectivity index (χ1) is 7.15. The van der Waals surface area contributed by atoms with Gasteiger partial charge in [0.25, 0.3) is 5.91 Å². The second kappa shape index (κ2) is 3.88. The van der Waals surface area contributed by atoms with Crippen molar-refractivity contribution in [1.82, 2.24) is 4.90 Å². The standard InChI is InChI=1S/C11H17NO4/c1-6-7(8(13)9(14)12(6)5)10(15)16-11(2,3)4/h6-7H,1-5H3. The molecule has 1 saturated heterocycles. The van der Waals surface area contributed by atoms with Crippen LogP contribution in [-0.2, 0) is 19.1 Å². The molecular weight excluding hydrogens is 210 g/mol. The van der Waals surface area contributed by atoms with Gasteiger partial charge in [-0.2, -0.15) is 0 Å². The predicted octanol–water partition coefficient (Wildman–Crippen LogP) is 0.374. The molecule has 2 unspecified atom stereocenters. The van der Waals surface area contributed by atoms with Crippen molar-refractivity contribution in [2.24, 2.45) is 5.92 Å². The quantitative estimate of drug-likeness (QED) is 0.369. The fraction of sp³-hybridized carbons (Fsp3) is 0.727. The molecule has 1 aliphatic rings. The molecular formula is C11H17NO4. The molecule has 2 atom stereocenters. The molecule has 0 spiro atoms. The summed E-state index contributed by atoms with van der Waals surface area (Å²) in [5, 5.41) is 0. The fourth-order valence-electron chi connectivity index (χ4n) is 1.60. The number of hydrogen-bond donors (Lipinski definition) is 0. The highest BCUT2D eigenvalue weighted by Gasteiger charge is 2.48. The Labute approximate surface area is 94.7 Å². The predicted molar refractivity (Wildman–Crippen MR) is 56.6 cm³/mol. The van der Waals surface area contributed by atoms with Gasteiger partial charge in [-0.25, -0.2) is 0 Å². The lowest BCUT2D eigenvalue weighted by Gasteiger charge is -2.23. The van der Waals surface area contributed by atoms with E-state index in [4.69, 9.17) is 4.74 Å². The van der Waals surface area contributed by atoms with Crippen LogP contribution < -0.4 is 0 Å². The lowest BCUT2D eigenvalue weighted by atomic mass is 10.0. The highest BCUT2D eigenvalue weighted by Crippen LogP contribution is 2.24. The van der Waals surface area contributed by atoms with Crippen LogP contribution in [0.15, 0.2) is 0 Å². The molecule has 0 aromatic carbocycles. The van der Waals surface area contributed by atoms with Crippen molar-refractivity contribution in [1.29, 1.82) is 0 Å². The van der Waals surface area contributed by atoms with Gasteiger partial charge in [-0.1, -0.05) is 0 Å². The fourth-order valence-corrected chi connectivity index (χ4v) is 1.60. The second-order valence-electron chi connectivity index (χ2n) is 5.03. The van der Waals surface area contributed by atoms with E-state index < -0.39 is 35.2 Å². The van der Waals surface area contributed by atoms with E-state index in [1.54, 1.807) is 27.7 Å². The number of rotatable bonds is 1. The second-order valence-corrected chi connectivity index (χ2v) is 5.03. The first kappa shape index (κ1) is 12.7. The van der Waals surface area contributed by atoms with Gasteiger partial charge < -0.3 is 9.64 Å². The van der Waals surface area contributed by atoms with Gasteiger partial charge >= 0.3 is 5.97 Å². The number of Topliss-reactive ketones (excluding diaryl/α,β-unsaturated/α-hetero) is 1. The van der Waals surface area contributed by atoms with E-state index in [0.717, 1.165) is 0 Å². The topological polar surface area (TPSA) is 63.7 Å². The molecule has 5 heteroatoms. The smallest absolute Gasteiger partial charge is 0.319 e. The molecule has 1 aliphatic heterocycles. The summed E-state index contributed by atoms with van der Waals surface area (Å²) in [6.45, 7) is 6.83. The first-order valence-corrected chi connectivity index (χ1v) is 5.19. The molecule has 0 aliphatic carbocycles. The van der Waals surface area contributed by atoms with Crippen molar-refractivity contribution >= 4 is 17.7 Å². The van der Waals surface area contributed by atoms with E-state index in [0.29, 0.717) is 0 Å². The molecule has 1 amide bonds. The van der Waals surface area contributed by atoms with Crippen LogP contribution in [0.25, 0.3) is 0 Å². The number of carbonyl (C=O) groups is 3. The van der Waals surface area contributed by atoms with Crippen molar-refractivity contribution in [2.75, 3.05) is 7.05 Å². The minimum Gasteiger partial charge on any atom is -0.459 e. The van der Waals surface area contributed by atoms with Gasteiger partial charge in [0.15, 0.2) is 0 Å². The molecule has 1 heterocycles. The Bertz CT molecular complexity index is 342. The summed E-state index contributed by atoms with van der Waals surface area (Å²) in [6.07, 6.45) is 0. The largest absolute Gasteiger partial charge is 0.459 e. The molecule has 5 nitrogen and oxygen atoms in total. The molecule has 0 radical (unpaired) electrons. The summed E-state index contributed by atoms with van der Waals surface area (Å²) in [5.41, 5.74) is -0.651. The summed E-state index contributed by atoms with van der Waals surface area (Å²) in [5.74, 6) is -2.91. The zero-order valence-corrected chi connectivity index (χ0v) is 10.2. The Kier molecular flexibility index (Phi) is 3.08. The van der Waals surface area contributed by atoms with Crippen LogP contribution in [0.2, 0.25) is 0 Å². The summed E-state index contributed by atoms with van der Waals surface area (Å²) < 4.78 is 5.12. The van der Waals surface area contributed by atoms with E-state index in [1.807, 2.05) is 0 Å². The number of amides is 1. The van der Waals surface area contributed by atoms with E-state index in [9.17, 15) is 14.4 Å². The maximum Gasteiger partial charge on any atom is 0.319 e. The molecule has 90 valence electrons. The van der Waals surface area contributed by atoms with Crippen molar-refractivity contribution < 1.29 is 19.1 Å². The van der Waals surface area contributed by atoms with Gasteiger partial charge in [0.05, 0.1) is 0 Å². The Morgan fingerprint density at radius 2 is 1.81 bits per heavy atom. The Morgan fingerprint density at radius 1 is 1.31 bits per heavy atom. The number of esters is 1. The monoisotopic (exact) mass is 227 g/mol. The number of nitrogens with zero attached hydrogens (tertiary/aromatic N) is 1. The van der Waals surface area contributed by atoms with Crippen LogP contribution >= 0.6 is 0 Å². The van der Waals surface area contributed by atoms with Gasteiger partial charge in [-0.15, -0.1) is 0 Å². The van der Waals surface area contributed by atoms with E-state index in [1.165, 1.54) is 11.9 Å². The molecule has 1 fully saturated rings. The van der Waals surface area contributed by atoms with Crippen LogP contribution in [0.3, 0.4) is 0 Å². The normalized spacial score (nSPS) is 26.2. The zero-order valence-electron chi connectivity index (χ0n) is 10.2. The molecule has 0 N–H and O–H groups in total. The van der Waals surface area contributed by atoms with Crippen molar-refractivity contribution in [3.8, 4) is 0 Å². The minimum absolute atomic E-state index is 0.435. The summed E-state index contributed by atoms with van der Waals surface area (Å²) in [6, 6.07) is -0.435. The molecule has 0 aromatic rings. The highest BCUT2D eigenvalue weighted by atomic mass is 16.6. The first-order valence-electron chi connectivity index (χ1n) is 5.19. The summed E-state index contributed by atoms with van der Waals surface area (Å²) in [7, 11) is 1.51. The number of carbonyl (C=O) groups excluding carboxylic acids is 3. The minimum atomic E-state index is -0.989. The van der Waals surface area contributed by atoms with Gasteiger partial charge in [0.1, 0.15) is 11.5 Å². The Morgan fingerprint density at radius 3 is 2.12 bits per heavy atom. The molecule has 16 heavy (non-hydrogen) atoms. The zero-order chi connectivity index (χ0) is 12.7. The number of likely N-dealkylation sites (tertiary alicyclic amines) is 1. The molecule has 1 rings (SSSR count). The highest BCUT2D eigenvalue weighted by molar-refractivity contribution is 6.42. The van der Waals surface area contributed by atoms with Gasteiger partial charge in [-0.3, -0.25) is 14.4 Å². The Hall–Kier alpha value is -1.39. The van der Waals surface area contributed by atoms with Crippen molar-refractivity contribution in [2.45, 2.75) is 39.3 Å². The number of hydrogen-bond acceptors (Lipinski definition) is 4. The molecule has 0 saturated carbocycles. The third-order valence-corrected chi connectivity index (χ3v) is 2.57. The van der Waals surface area contributed by atoms with Crippen LogP contribution in [0.4, 0.5) is 0 Å². The summed E-state index contributed by atoms with van der Waals surface area (Å²) in [4.78, 5) is 36.0. The number of ketones is 1. The molecule has 0 bridgehead atoms. The number of ether oxygens (including phenoxy) is 1. The van der Waals surface area contributed by atoms with Crippen LogP contribution in [0.1, 0.15) is 27.7 Å². The maximum atomic E-state index is 11.8. The SMILES string of the molecule is CC1C(C(=O)OC(C)(C)C)C(=O)C(=O)N1C. The van der Waals surface area contributed by atoms with Gasteiger partial charge in [0, 0.05) is 13.1 Å². The van der Waals surface area contributed by atoms with Crippen molar-refractivity contribution in [3.63, 3.8) is 0 Å². The third kappa shape index (κ3) is 2.23. The van der Waals surface area contributed by atoms with Crippen molar-refractivity contribution in [3.05, 3.63) is 0 Å². The number of likely N-dealkylation sites (N-methyl/N-ethyl adjacent to an activating group) is 1. The summed E-state index contributed by atoms with van der Waals surface area (Å²) >= 11 is 0. The maximum absolute atomic E-state index is 11.8. The lowest BCUT2D eigenvalue weighted by molar-refractivity contribution is -0.162. The van der Waals surface area contributed by atoms with Crippen LogP contribution in [0, 0.1) is 5.92 Å². The average Bonchev–Trinajstić information content (AvgIpc) is 2.28. The van der Waals surface area contributed by atoms with E-state index in [-0.39, 0.29) is 0 Å². The van der Waals surface area contributed by atoms with Crippen LogP contribution in [-0.4, -0.2) is 41.3 Å². The van der Waals surface area contributed by atoms with E-state index in [2.05, 4.69) is 0 Å². The van der Waals surface area contributed by atoms with Gasteiger partial charge in [-0.05, 0) is 27.7 Å². The molecule has 0 aromatic heterocycles. The van der Waals surface area contributed by atoms with Gasteiger partial charge in [0.2, 0.25) is 5.78 Å². The van der Waals surface area contributed by atoms with E-state index >= 15 is 0 Å².